The van der Waals surface area contributed by atoms with Crippen LogP contribution in [0.3, 0.4) is 0 Å². The third-order valence-electron chi connectivity index (χ3n) is 6.77. The summed E-state index contributed by atoms with van der Waals surface area (Å²) < 4.78 is 61.9. The molecule has 1 heterocycles. The quantitative estimate of drug-likeness (QED) is 0.116. The van der Waals surface area contributed by atoms with Crippen molar-refractivity contribution < 1.29 is 27.0 Å². The van der Waals surface area contributed by atoms with E-state index < -0.39 is 6.36 Å². The minimum Gasteiger partial charge on any atom is -0.490 e. The van der Waals surface area contributed by atoms with Crippen molar-refractivity contribution in [2.75, 3.05) is 6.61 Å². The highest BCUT2D eigenvalue weighted by Crippen LogP contribution is 2.26. The molecule has 3 aromatic carbocycles. The van der Waals surface area contributed by atoms with Gasteiger partial charge < -0.3 is 9.47 Å². The highest BCUT2D eigenvalue weighted by molar-refractivity contribution is 5.84. The zero-order valence-corrected chi connectivity index (χ0v) is 22.6. The summed E-state index contributed by atoms with van der Waals surface area (Å²) in [6.45, 7) is 2.88. The number of unbranched alkanes of at least 4 members (excludes halogenated alkanes) is 4. The second-order valence-corrected chi connectivity index (χ2v) is 9.88. The lowest BCUT2D eigenvalue weighted by molar-refractivity contribution is -0.274. The summed E-state index contributed by atoms with van der Waals surface area (Å²) in [4.78, 5) is 8.85. The summed E-state index contributed by atoms with van der Waals surface area (Å²) in [6, 6.07) is 15.0. The fraction of sp³-hybridized carbons (Fsp3) is 0.375. The van der Waals surface area contributed by atoms with Gasteiger partial charge >= 0.3 is 6.36 Å². The van der Waals surface area contributed by atoms with Gasteiger partial charge in [-0.25, -0.2) is 14.4 Å². The van der Waals surface area contributed by atoms with Crippen LogP contribution in [0.1, 0.15) is 61.5 Å². The Morgan fingerprint density at radius 2 is 1.43 bits per heavy atom. The molecule has 0 aliphatic carbocycles. The Morgan fingerprint density at radius 3 is 2.15 bits per heavy atom. The van der Waals surface area contributed by atoms with Crippen LogP contribution in [-0.4, -0.2) is 22.9 Å². The van der Waals surface area contributed by atoms with Crippen molar-refractivity contribution in [2.24, 2.45) is 0 Å². The first kappa shape index (κ1) is 29.3. The molecule has 0 spiro atoms. The summed E-state index contributed by atoms with van der Waals surface area (Å²) >= 11 is 0. The lowest BCUT2D eigenvalue weighted by Crippen LogP contribution is -2.17. The van der Waals surface area contributed by atoms with E-state index in [1.807, 2.05) is 18.2 Å². The molecule has 0 aliphatic heterocycles. The molecule has 1 aromatic heterocycles. The number of fused-ring (bicyclic) bond motifs is 1. The third kappa shape index (κ3) is 8.93. The molecule has 0 saturated carbocycles. The molecular formula is C32H34F4N2O2. The van der Waals surface area contributed by atoms with E-state index in [4.69, 9.17) is 4.74 Å². The average molecular weight is 555 g/mol. The fourth-order valence-electron chi connectivity index (χ4n) is 4.57. The predicted octanol–water partition coefficient (Wildman–Crippen LogP) is 8.59. The maximum atomic E-state index is 15.2. The number of hydrogen-bond donors (Lipinski definition) is 0. The van der Waals surface area contributed by atoms with Crippen LogP contribution in [0.5, 0.6) is 11.5 Å². The van der Waals surface area contributed by atoms with Crippen LogP contribution in [0.25, 0.3) is 10.8 Å². The molecule has 212 valence electrons. The van der Waals surface area contributed by atoms with Gasteiger partial charge in [0.05, 0.1) is 19.0 Å². The molecule has 0 radical (unpaired) electrons. The minimum absolute atomic E-state index is 0.273. The molecule has 0 fully saturated rings. The van der Waals surface area contributed by atoms with E-state index in [-0.39, 0.29) is 11.6 Å². The molecule has 0 aliphatic rings. The number of aryl methyl sites for hydroxylation is 4. The Balaban J connectivity index is 1.28. The summed E-state index contributed by atoms with van der Waals surface area (Å²) in [5, 5.41) is 1.36. The van der Waals surface area contributed by atoms with E-state index in [0.717, 1.165) is 35.2 Å². The largest absolute Gasteiger partial charge is 0.573 e. The van der Waals surface area contributed by atoms with Crippen LogP contribution >= 0.6 is 0 Å². The first-order valence-electron chi connectivity index (χ1n) is 13.8. The maximum absolute atomic E-state index is 15.2. The van der Waals surface area contributed by atoms with Crippen LogP contribution in [-0.2, 0) is 25.7 Å². The Hall–Kier alpha value is -3.68. The number of halogens is 4. The zero-order chi connectivity index (χ0) is 28.4. The van der Waals surface area contributed by atoms with Crippen molar-refractivity contribution in [3.63, 3.8) is 0 Å². The molecule has 40 heavy (non-hydrogen) atoms. The van der Waals surface area contributed by atoms with Crippen molar-refractivity contribution in [2.45, 2.75) is 71.1 Å². The van der Waals surface area contributed by atoms with Gasteiger partial charge in [0.1, 0.15) is 17.4 Å². The van der Waals surface area contributed by atoms with Crippen LogP contribution in [0.2, 0.25) is 0 Å². The minimum atomic E-state index is -4.73. The Bertz CT molecular complexity index is 1360. The lowest BCUT2D eigenvalue weighted by atomic mass is 9.98. The van der Waals surface area contributed by atoms with Gasteiger partial charge in [-0.3, -0.25) is 0 Å². The summed E-state index contributed by atoms with van der Waals surface area (Å²) in [5.41, 5.74) is 2.43. The first-order chi connectivity index (χ1) is 19.3. The second-order valence-electron chi connectivity index (χ2n) is 9.88. The number of ether oxygens (including phenoxy) is 2. The smallest absolute Gasteiger partial charge is 0.490 e. The first-order valence-corrected chi connectivity index (χ1v) is 13.8. The molecule has 4 nitrogen and oxygen atoms in total. The summed E-state index contributed by atoms with van der Waals surface area (Å²) in [5.74, 6) is 0.869. The highest BCUT2D eigenvalue weighted by atomic mass is 19.4. The van der Waals surface area contributed by atoms with E-state index in [1.165, 1.54) is 37.8 Å². The summed E-state index contributed by atoms with van der Waals surface area (Å²) in [7, 11) is 0. The normalized spacial score (nSPS) is 11.6. The number of nitrogens with zero attached hydrogens (tertiary/aromatic N) is 2. The molecular weight excluding hydrogens is 520 g/mol. The SMILES string of the molecule is CCCCCCCOc1cnc(CCc2ccc3c(F)c(CCc4ccc(OC(F)(F)F)cc4)ccc3c2)nc1. The van der Waals surface area contributed by atoms with Gasteiger partial charge in [0.2, 0.25) is 0 Å². The molecule has 0 unspecified atom stereocenters. The molecule has 0 N–H and O–H groups in total. The van der Waals surface area contributed by atoms with Gasteiger partial charge in [-0.05, 0) is 59.9 Å². The van der Waals surface area contributed by atoms with E-state index in [2.05, 4.69) is 21.6 Å². The van der Waals surface area contributed by atoms with Gasteiger partial charge in [-0.2, -0.15) is 0 Å². The predicted molar refractivity (Wildman–Crippen MR) is 148 cm³/mol. The van der Waals surface area contributed by atoms with Crippen molar-refractivity contribution in [1.29, 1.82) is 0 Å². The van der Waals surface area contributed by atoms with E-state index in [1.54, 1.807) is 36.7 Å². The van der Waals surface area contributed by atoms with Gasteiger partial charge in [-0.15, -0.1) is 13.2 Å². The monoisotopic (exact) mass is 554 g/mol. The van der Waals surface area contributed by atoms with Crippen molar-refractivity contribution in [3.8, 4) is 11.5 Å². The van der Waals surface area contributed by atoms with Crippen LogP contribution < -0.4 is 9.47 Å². The third-order valence-corrected chi connectivity index (χ3v) is 6.77. The van der Waals surface area contributed by atoms with Gasteiger partial charge in [0, 0.05) is 11.8 Å². The zero-order valence-electron chi connectivity index (χ0n) is 22.6. The Morgan fingerprint density at radius 1 is 0.725 bits per heavy atom. The topological polar surface area (TPSA) is 44.2 Å². The molecule has 4 aromatic rings. The number of benzene rings is 3. The molecule has 0 atom stereocenters. The fourth-order valence-corrected chi connectivity index (χ4v) is 4.57. The molecule has 0 bridgehead atoms. The standard InChI is InChI=1S/C32H34F4N2O2/c1-2-3-4-5-6-19-39-28-21-37-30(38-22-28)18-11-24-10-17-29-26(20-24)14-13-25(31(29)33)12-7-23-8-15-27(16-9-23)40-32(34,35)36/h8-10,13-17,20-22H,2-7,11-12,18-19H2,1H3. The van der Waals surface area contributed by atoms with Crippen LogP contribution in [0, 0.1) is 5.82 Å². The van der Waals surface area contributed by atoms with Crippen molar-refractivity contribution in [1.82, 2.24) is 9.97 Å². The van der Waals surface area contributed by atoms with Gasteiger partial charge in [0.25, 0.3) is 0 Å². The van der Waals surface area contributed by atoms with Gasteiger partial charge in [-0.1, -0.05) is 75.1 Å². The molecule has 4 rings (SSSR count). The van der Waals surface area contributed by atoms with Crippen LogP contribution in [0.4, 0.5) is 17.6 Å². The Kier molecular flexibility index (Phi) is 10.3. The van der Waals surface area contributed by atoms with E-state index >= 15 is 4.39 Å². The highest BCUT2D eigenvalue weighted by Gasteiger charge is 2.30. The van der Waals surface area contributed by atoms with Crippen molar-refractivity contribution in [3.05, 3.63) is 95.3 Å². The molecule has 0 amide bonds. The lowest BCUT2D eigenvalue weighted by Gasteiger charge is -2.10. The molecule has 8 heteroatoms. The second kappa shape index (κ2) is 14.1. The average Bonchev–Trinajstić information content (AvgIpc) is 2.94. The van der Waals surface area contributed by atoms with Gasteiger partial charge in [0.15, 0.2) is 5.75 Å². The number of rotatable bonds is 14. The number of alkyl halides is 3. The number of hydrogen-bond acceptors (Lipinski definition) is 4. The summed E-state index contributed by atoms with van der Waals surface area (Å²) in [6.07, 6.45) is 6.96. The van der Waals surface area contributed by atoms with Crippen molar-refractivity contribution >= 4 is 10.8 Å². The Labute approximate surface area is 232 Å². The van der Waals surface area contributed by atoms with E-state index in [9.17, 15) is 13.2 Å². The van der Waals surface area contributed by atoms with Crippen LogP contribution in [0.15, 0.2) is 67.0 Å². The molecule has 0 saturated heterocycles. The maximum Gasteiger partial charge on any atom is 0.573 e. The number of aromatic nitrogens is 2. The van der Waals surface area contributed by atoms with E-state index in [0.29, 0.717) is 42.6 Å².